The molecule has 18 heteroatoms. The number of nitrogens with zero attached hydrogens (tertiary/aromatic N) is 1. The van der Waals surface area contributed by atoms with Crippen LogP contribution in [0, 0.1) is 23.7 Å². The summed E-state index contributed by atoms with van der Waals surface area (Å²) in [5.74, 6) is -3.17. The van der Waals surface area contributed by atoms with Gasteiger partial charge in [-0.1, -0.05) is 41.5 Å². The average molecular weight is 868 g/mol. The summed E-state index contributed by atoms with van der Waals surface area (Å²) < 4.78 is 9.55. The first-order chi connectivity index (χ1) is 25.2. The van der Waals surface area contributed by atoms with Crippen molar-refractivity contribution in [3.8, 4) is 0 Å². The van der Waals surface area contributed by atoms with Crippen LogP contribution in [0.25, 0.3) is 0 Å². The molecule has 0 aliphatic carbocycles. The van der Waals surface area contributed by atoms with Crippen molar-refractivity contribution < 1.29 is 38.2 Å². The number of carbonyl (C=O) groups is 6. The molecule has 4 amide bonds. The van der Waals surface area contributed by atoms with Gasteiger partial charge in [-0.05, 0) is 104 Å². The van der Waals surface area contributed by atoms with Crippen molar-refractivity contribution in [1.82, 2.24) is 26.3 Å². The second-order valence-electron chi connectivity index (χ2n) is 14.3. The first-order valence-corrected chi connectivity index (χ1v) is 22.3. The first-order valence-electron chi connectivity index (χ1n) is 18.2. The van der Waals surface area contributed by atoms with E-state index < -0.39 is 34.2 Å². The van der Waals surface area contributed by atoms with Gasteiger partial charge in [0.25, 0.3) is 0 Å². The lowest BCUT2D eigenvalue weighted by Crippen LogP contribution is -2.42. The molecule has 0 fully saturated rings. The van der Waals surface area contributed by atoms with Gasteiger partial charge in [0.2, 0.25) is 23.6 Å². The molecule has 0 radical (unpaired) electrons. The van der Waals surface area contributed by atoms with Gasteiger partial charge >= 0.3 is 11.9 Å². The number of hydrogen-bond donors (Lipinski definition) is 5. The number of thiol groups is 1. The van der Waals surface area contributed by atoms with Crippen molar-refractivity contribution in [1.29, 1.82) is 0 Å². The van der Waals surface area contributed by atoms with Gasteiger partial charge in [-0.2, -0.15) is 13.5 Å². The number of nitrogens with one attached hydrogen (secondary N) is 4. The van der Waals surface area contributed by atoms with E-state index in [9.17, 15) is 28.8 Å². The summed E-state index contributed by atoms with van der Waals surface area (Å²) in [4.78, 5) is 78.2. The Morgan fingerprint density at radius 1 is 0.618 bits per heavy atom. The summed E-state index contributed by atoms with van der Waals surface area (Å²) in [7, 11) is 6.55. The first kappa shape index (κ1) is 54.8. The van der Waals surface area contributed by atoms with E-state index in [0.717, 1.165) is 15.8 Å². The number of pyridine rings is 1. The predicted octanol–water partition coefficient (Wildman–Crippen LogP) is 5.75. The monoisotopic (exact) mass is 867 g/mol. The van der Waals surface area contributed by atoms with E-state index in [1.165, 1.54) is 35.8 Å². The minimum atomic E-state index is -0.499. The lowest BCUT2D eigenvalue weighted by molar-refractivity contribution is -0.146. The van der Waals surface area contributed by atoms with E-state index in [1.807, 2.05) is 73.6 Å². The lowest BCUT2D eigenvalue weighted by atomic mass is 9.90. The second kappa shape index (κ2) is 29.9. The van der Waals surface area contributed by atoms with Crippen molar-refractivity contribution >= 4 is 93.1 Å². The molecule has 0 saturated heterocycles. The maximum atomic E-state index is 12.8. The maximum Gasteiger partial charge on any atom is 0.308 e. The molecule has 0 aliphatic rings. The zero-order valence-electron chi connectivity index (χ0n) is 34.3. The normalized spacial score (nSPS) is 14.2. The van der Waals surface area contributed by atoms with Crippen molar-refractivity contribution in [2.45, 2.75) is 135 Å². The third-order valence-corrected chi connectivity index (χ3v) is 11.6. The molecular weight excluding hydrogens is 803 g/mol. The highest BCUT2D eigenvalue weighted by atomic mass is 33.1. The second-order valence-corrected chi connectivity index (χ2v) is 18.1. The Morgan fingerprint density at radius 2 is 1.00 bits per heavy atom. The highest BCUT2D eigenvalue weighted by Crippen LogP contribution is 2.37. The fourth-order valence-corrected chi connectivity index (χ4v) is 8.42. The Hall–Kier alpha value is -2.28. The summed E-state index contributed by atoms with van der Waals surface area (Å²) in [6, 6.07) is 5.53. The highest BCUT2D eigenvalue weighted by Gasteiger charge is 2.33. The van der Waals surface area contributed by atoms with Crippen LogP contribution in [0.3, 0.4) is 0 Å². The van der Waals surface area contributed by atoms with Gasteiger partial charge in [-0.25, -0.2) is 4.98 Å². The summed E-state index contributed by atoms with van der Waals surface area (Å²) >= 11 is 4.17. The van der Waals surface area contributed by atoms with Gasteiger partial charge in [0, 0.05) is 42.2 Å². The van der Waals surface area contributed by atoms with Crippen molar-refractivity contribution in [3.05, 3.63) is 24.4 Å². The maximum absolute atomic E-state index is 12.8. The number of ether oxygens (including phenoxy) is 2. The van der Waals surface area contributed by atoms with Gasteiger partial charge in [-0.3, -0.25) is 28.8 Å². The molecule has 55 heavy (non-hydrogen) atoms. The van der Waals surface area contributed by atoms with Crippen molar-refractivity contribution in [2.75, 3.05) is 14.2 Å². The van der Waals surface area contributed by atoms with E-state index in [-0.39, 0.29) is 73.2 Å². The van der Waals surface area contributed by atoms with Gasteiger partial charge in [0.05, 0.1) is 36.6 Å². The molecule has 316 valence electrons. The molecule has 1 aromatic heterocycles. The van der Waals surface area contributed by atoms with Crippen LogP contribution in [0.15, 0.2) is 29.4 Å². The summed E-state index contributed by atoms with van der Waals surface area (Å²) in [6.45, 7) is 18.5. The molecule has 4 N–H and O–H groups in total. The molecule has 0 saturated carbocycles. The summed E-state index contributed by atoms with van der Waals surface area (Å²) in [6.07, 6.45) is 2.95. The third kappa shape index (κ3) is 24.2. The fraction of sp³-hybridized carbons (Fsp3) is 0.703. The van der Waals surface area contributed by atoms with Crippen LogP contribution in [0.1, 0.15) is 94.9 Å². The smallest absolute Gasteiger partial charge is 0.308 e. The Bertz CT molecular complexity index is 1310. The SMILES string of the molecule is COC(=O)C(C)CC(CC(SS)C(=O)NC(C)C)C(=O)NC(C)C.COC(=O)C(C)CC(CC(SSc1ccccn1)C(=O)NC(C)C)C(=O)NC(C)C.S. The molecule has 6 unspecified atom stereocenters. The standard InChI is InChI=1S/C21H33N3O4S2.C16H30N2O4S2.H2S/c1-13(2)23-19(25)16(11-15(5)21(27)28-6)12-17(20(26)24-14(3)4)29-30-18-9-7-8-10-22-18;1-9(2)17-14(19)12(7-11(5)16(21)22-6)8-13(24-23)15(20)18-10(3)4;/h7-10,13-17H,11-12H2,1-6H3,(H,23,25)(H,24,26);9-13,23H,7-8H2,1-6H3,(H,17,19)(H,18,20);1H2. The number of esters is 2. The third-order valence-electron chi connectivity index (χ3n) is 7.55. The topological polar surface area (TPSA) is 182 Å². The molecule has 0 spiro atoms. The number of amides is 4. The molecule has 0 aromatic carbocycles. The number of aromatic nitrogens is 1. The number of rotatable bonds is 22. The molecule has 13 nitrogen and oxygen atoms in total. The molecule has 1 heterocycles. The van der Waals surface area contributed by atoms with Crippen molar-refractivity contribution in [3.63, 3.8) is 0 Å². The molecule has 0 bridgehead atoms. The number of carbonyl (C=O) groups excluding carboxylic acids is 6. The van der Waals surface area contributed by atoms with E-state index in [0.29, 0.717) is 25.7 Å². The molecule has 1 aromatic rings. The van der Waals surface area contributed by atoms with Crippen LogP contribution in [-0.4, -0.2) is 89.4 Å². The van der Waals surface area contributed by atoms with E-state index in [1.54, 1.807) is 20.0 Å². The Kier molecular flexibility index (Phi) is 29.8. The van der Waals surface area contributed by atoms with E-state index >= 15 is 0 Å². The quantitative estimate of drug-likeness (QED) is 0.0542. The van der Waals surface area contributed by atoms with Crippen LogP contribution in [0.5, 0.6) is 0 Å². The number of hydrogen-bond acceptors (Lipinski definition) is 13. The van der Waals surface area contributed by atoms with Crippen LogP contribution in [-0.2, 0) is 38.2 Å². The van der Waals surface area contributed by atoms with Gasteiger partial charge < -0.3 is 30.7 Å². The van der Waals surface area contributed by atoms with E-state index in [2.05, 4.69) is 37.9 Å². The number of methoxy groups -OCH3 is 2. The Morgan fingerprint density at radius 3 is 1.35 bits per heavy atom. The molecule has 1 rings (SSSR count). The summed E-state index contributed by atoms with van der Waals surface area (Å²) in [5, 5.41) is 11.4. The van der Waals surface area contributed by atoms with Crippen LogP contribution < -0.4 is 21.3 Å². The molecule has 0 aliphatic heterocycles. The minimum Gasteiger partial charge on any atom is -0.469 e. The van der Waals surface area contributed by atoms with Gasteiger partial charge in [-0.15, -0.1) is 11.7 Å². The minimum absolute atomic E-state index is 0. The van der Waals surface area contributed by atoms with Crippen LogP contribution in [0.4, 0.5) is 0 Å². The van der Waals surface area contributed by atoms with Gasteiger partial charge in [0.15, 0.2) is 0 Å². The average Bonchev–Trinajstić information content (AvgIpc) is 3.09. The molecular formula is C37H65N5O8S5. The highest BCUT2D eigenvalue weighted by molar-refractivity contribution is 8.77. The lowest BCUT2D eigenvalue weighted by Gasteiger charge is -2.25. The Balaban J connectivity index is 0. The predicted molar refractivity (Wildman–Crippen MR) is 233 cm³/mol. The van der Waals surface area contributed by atoms with Crippen LogP contribution in [0.2, 0.25) is 0 Å². The van der Waals surface area contributed by atoms with E-state index in [4.69, 9.17) is 9.47 Å². The largest absolute Gasteiger partial charge is 0.469 e. The summed E-state index contributed by atoms with van der Waals surface area (Å²) in [5.41, 5.74) is 0. The Labute approximate surface area is 352 Å². The molecule has 6 atom stereocenters. The zero-order valence-corrected chi connectivity index (χ0v) is 38.6. The zero-order chi connectivity index (χ0) is 41.5. The fourth-order valence-electron chi connectivity index (χ4n) is 5.04. The van der Waals surface area contributed by atoms with Crippen molar-refractivity contribution in [2.24, 2.45) is 23.7 Å². The van der Waals surface area contributed by atoms with Gasteiger partial charge in [0.1, 0.15) is 5.03 Å². The van der Waals surface area contributed by atoms with Crippen LogP contribution >= 0.6 is 57.5 Å².